The Balaban J connectivity index is 1.85. The summed E-state index contributed by atoms with van der Waals surface area (Å²) < 4.78 is 7.37. The number of imidazole rings is 1. The van der Waals surface area contributed by atoms with E-state index in [0.717, 1.165) is 41.0 Å². The number of aryl methyl sites for hydroxylation is 2. The first-order chi connectivity index (χ1) is 12.1. The first-order valence-electron chi connectivity index (χ1n) is 8.85. The summed E-state index contributed by atoms with van der Waals surface area (Å²) in [7, 11) is 0. The molecule has 0 radical (unpaired) electrons. The molecular formula is C21H24N2O2. The Morgan fingerprint density at radius 1 is 1.12 bits per heavy atom. The third-order valence-electron chi connectivity index (χ3n) is 4.33. The summed E-state index contributed by atoms with van der Waals surface area (Å²) in [5.41, 5.74) is 5.65. The molecule has 0 spiro atoms. The molecule has 0 unspecified atom stereocenters. The van der Waals surface area contributed by atoms with Gasteiger partial charge in [0.2, 0.25) is 0 Å². The highest BCUT2D eigenvalue weighted by Crippen LogP contribution is 2.23. The summed E-state index contributed by atoms with van der Waals surface area (Å²) in [6.07, 6.45) is 2.03. The van der Waals surface area contributed by atoms with E-state index in [1.807, 2.05) is 0 Å². The van der Waals surface area contributed by atoms with E-state index in [1.54, 1.807) is 6.92 Å². The Bertz CT molecular complexity index is 879. The van der Waals surface area contributed by atoms with Gasteiger partial charge in [-0.25, -0.2) is 4.98 Å². The smallest absolute Gasteiger partial charge is 0.305 e. The number of ether oxygens (including phenoxy) is 1. The molecule has 0 bridgehead atoms. The highest BCUT2D eigenvalue weighted by molar-refractivity contribution is 5.79. The summed E-state index contributed by atoms with van der Waals surface area (Å²) in [4.78, 5) is 16.0. The van der Waals surface area contributed by atoms with Gasteiger partial charge in [0.15, 0.2) is 0 Å². The number of carbonyl (C=O) groups is 1. The van der Waals surface area contributed by atoms with Crippen molar-refractivity contribution in [3.8, 4) is 5.69 Å². The highest BCUT2D eigenvalue weighted by Gasteiger charge is 2.11. The van der Waals surface area contributed by atoms with Crippen LogP contribution in [-0.2, 0) is 22.4 Å². The molecular weight excluding hydrogens is 312 g/mol. The molecule has 130 valence electrons. The molecule has 1 heterocycles. The predicted molar refractivity (Wildman–Crippen MR) is 100 cm³/mol. The molecule has 4 nitrogen and oxygen atoms in total. The average Bonchev–Trinajstić information content (AvgIpc) is 2.99. The second-order valence-electron chi connectivity index (χ2n) is 6.20. The van der Waals surface area contributed by atoms with Gasteiger partial charge in [0.05, 0.1) is 17.6 Å². The van der Waals surface area contributed by atoms with E-state index in [4.69, 9.17) is 9.72 Å². The molecule has 0 atom stereocenters. The second-order valence-corrected chi connectivity index (χ2v) is 6.20. The fraction of sp³-hybridized carbons (Fsp3) is 0.333. The molecule has 0 fully saturated rings. The molecule has 0 aliphatic heterocycles. The van der Waals surface area contributed by atoms with Crippen LogP contribution in [0.2, 0.25) is 0 Å². The van der Waals surface area contributed by atoms with E-state index in [9.17, 15) is 4.79 Å². The van der Waals surface area contributed by atoms with Crippen molar-refractivity contribution in [2.75, 3.05) is 6.61 Å². The fourth-order valence-electron chi connectivity index (χ4n) is 2.96. The molecule has 1 aromatic heterocycles. The molecule has 4 heteroatoms. The van der Waals surface area contributed by atoms with Crippen molar-refractivity contribution in [3.63, 3.8) is 0 Å². The van der Waals surface area contributed by atoms with Crippen LogP contribution in [0.15, 0.2) is 42.5 Å². The van der Waals surface area contributed by atoms with Gasteiger partial charge in [-0.1, -0.05) is 32.0 Å². The van der Waals surface area contributed by atoms with Gasteiger partial charge >= 0.3 is 5.97 Å². The summed E-state index contributed by atoms with van der Waals surface area (Å²) in [6.45, 7) is 6.45. The summed E-state index contributed by atoms with van der Waals surface area (Å²) in [5, 5.41) is 0. The average molecular weight is 336 g/mol. The number of benzene rings is 2. The molecule has 25 heavy (non-hydrogen) atoms. The number of carbonyl (C=O) groups excluding carboxylic acids is 1. The van der Waals surface area contributed by atoms with Crippen LogP contribution >= 0.6 is 0 Å². The molecule has 0 saturated carbocycles. The van der Waals surface area contributed by atoms with Gasteiger partial charge in [0.1, 0.15) is 5.82 Å². The molecule has 0 saturated heterocycles. The Labute approximate surface area is 148 Å². The maximum absolute atomic E-state index is 11.2. The predicted octanol–water partition coefficient (Wildman–Crippen LogP) is 4.39. The SMILES string of the molecule is CCC(=O)OCCc1ccc(-n2c(CC)nc3cc(C)ccc32)cc1. The van der Waals surface area contributed by atoms with E-state index < -0.39 is 0 Å². The van der Waals surface area contributed by atoms with E-state index in [1.165, 1.54) is 5.56 Å². The van der Waals surface area contributed by atoms with Crippen LogP contribution in [0.3, 0.4) is 0 Å². The first kappa shape index (κ1) is 17.2. The van der Waals surface area contributed by atoms with Gasteiger partial charge in [-0.05, 0) is 42.3 Å². The van der Waals surface area contributed by atoms with E-state index in [0.29, 0.717) is 13.0 Å². The molecule has 3 rings (SSSR count). The number of nitrogens with zero attached hydrogens (tertiary/aromatic N) is 2. The molecule has 3 aromatic rings. The largest absolute Gasteiger partial charge is 0.465 e. The molecule has 0 aliphatic carbocycles. The van der Waals surface area contributed by atoms with Crippen LogP contribution in [-0.4, -0.2) is 22.1 Å². The summed E-state index contributed by atoms with van der Waals surface area (Å²) >= 11 is 0. The van der Waals surface area contributed by atoms with E-state index >= 15 is 0 Å². The molecule has 0 N–H and O–H groups in total. The Morgan fingerprint density at radius 2 is 1.88 bits per heavy atom. The third kappa shape index (κ3) is 3.73. The second kappa shape index (κ2) is 7.51. The van der Waals surface area contributed by atoms with Crippen LogP contribution in [0.1, 0.15) is 37.2 Å². The minimum atomic E-state index is -0.149. The van der Waals surface area contributed by atoms with Gasteiger partial charge in [0.25, 0.3) is 0 Å². The van der Waals surface area contributed by atoms with Crippen LogP contribution < -0.4 is 0 Å². The quantitative estimate of drug-likeness (QED) is 0.627. The van der Waals surface area contributed by atoms with Crippen molar-refractivity contribution in [1.82, 2.24) is 9.55 Å². The number of rotatable bonds is 6. The minimum absolute atomic E-state index is 0.149. The maximum Gasteiger partial charge on any atom is 0.305 e. The number of hydrogen-bond donors (Lipinski definition) is 0. The van der Waals surface area contributed by atoms with Crippen molar-refractivity contribution in [2.45, 2.75) is 40.0 Å². The monoisotopic (exact) mass is 336 g/mol. The van der Waals surface area contributed by atoms with E-state index in [-0.39, 0.29) is 5.97 Å². The lowest BCUT2D eigenvalue weighted by molar-refractivity contribution is -0.143. The number of aromatic nitrogens is 2. The van der Waals surface area contributed by atoms with Gasteiger partial charge < -0.3 is 4.74 Å². The topological polar surface area (TPSA) is 44.1 Å². The van der Waals surface area contributed by atoms with Crippen molar-refractivity contribution in [3.05, 3.63) is 59.4 Å². The number of esters is 1. The number of fused-ring (bicyclic) bond motifs is 1. The third-order valence-corrected chi connectivity index (χ3v) is 4.33. The van der Waals surface area contributed by atoms with Gasteiger partial charge in [-0.3, -0.25) is 9.36 Å². The number of hydrogen-bond acceptors (Lipinski definition) is 3. The van der Waals surface area contributed by atoms with Crippen LogP contribution in [0, 0.1) is 6.92 Å². The molecule has 2 aromatic carbocycles. The Morgan fingerprint density at radius 3 is 2.56 bits per heavy atom. The lowest BCUT2D eigenvalue weighted by atomic mass is 10.1. The van der Waals surface area contributed by atoms with E-state index in [2.05, 4.69) is 60.9 Å². The zero-order chi connectivity index (χ0) is 17.8. The van der Waals surface area contributed by atoms with Crippen molar-refractivity contribution in [1.29, 1.82) is 0 Å². The van der Waals surface area contributed by atoms with Crippen molar-refractivity contribution >= 4 is 17.0 Å². The molecule has 0 aliphatic rings. The van der Waals surface area contributed by atoms with Crippen molar-refractivity contribution in [2.24, 2.45) is 0 Å². The zero-order valence-corrected chi connectivity index (χ0v) is 15.1. The van der Waals surface area contributed by atoms with Crippen molar-refractivity contribution < 1.29 is 9.53 Å². The standard InChI is InChI=1S/C21H24N2O2/c1-4-20-22-18-14-15(3)6-11-19(18)23(20)17-9-7-16(8-10-17)12-13-25-21(24)5-2/h6-11,14H,4-5,12-13H2,1-3H3. The minimum Gasteiger partial charge on any atom is -0.465 e. The van der Waals surface area contributed by atoms with Crippen LogP contribution in [0.25, 0.3) is 16.7 Å². The lowest BCUT2D eigenvalue weighted by Gasteiger charge is -2.10. The van der Waals surface area contributed by atoms with Gasteiger partial charge in [-0.15, -0.1) is 0 Å². The zero-order valence-electron chi connectivity index (χ0n) is 15.1. The first-order valence-corrected chi connectivity index (χ1v) is 8.85. The van der Waals surface area contributed by atoms with Crippen LogP contribution in [0.5, 0.6) is 0 Å². The van der Waals surface area contributed by atoms with Gasteiger partial charge in [-0.2, -0.15) is 0 Å². The summed E-state index contributed by atoms with van der Waals surface area (Å²) in [6, 6.07) is 14.8. The maximum atomic E-state index is 11.2. The summed E-state index contributed by atoms with van der Waals surface area (Å²) in [5.74, 6) is 0.912. The Kier molecular flexibility index (Phi) is 5.17. The molecule has 0 amide bonds. The lowest BCUT2D eigenvalue weighted by Crippen LogP contribution is -2.06. The normalized spacial score (nSPS) is 11.0. The van der Waals surface area contributed by atoms with Gasteiger partial charge in [0, 0.05) is 24.9 Å². The Hall–Kier alpha value is -2.62. The fourth-order valence-corrected chi connectivity index (χ4v) is 2.96. The highest BCUT2D eigenvalue weighted by atomic mass is 16.5. The van der Waals surface area contributed by atoms with Crippen LogP contribution in [0.4, 0.5) is 0 Å².